The normalized spacial score (nSPS) is 18.2. The van der Waals surface area contributed by atoms with Crippen LogP contribution in [0.3, 0.4) is 0 Å². The summed E-state index contributed by atoms with van der Waals surface area (Å²) in [4.78, 5) is 57.2. The average Bonchev–Trinajstić information content (AvgIpc) is 3.67. The predicted molar refractivity (Wildman–Crippen MR) is 235 cm³/mol. The minimum atomic E-state index is -2.95. The Bertz CT molecular complexity index is 1970. The quantitative estimate of drug-likeness (QED) is 0.0648. The summed E-state index contributed by atoms with van der Waals surface area (Å²) in [6.07, 6.45) is 9.75. The number of amides is 3. The molecule has 3 aliphatic rings. The van der Waals surface area contributed by atoms with Gasteiger partial charge in [-0.05, 0) is 69.3 Å². The number of hydrogen-bond donors (Lipinski definition) is 1. The molecule has 11 nitrogen and oxygen atoms in total. The molecule has 5 rings (SSSR count). The molecule has 0 radical (unpaired) electrons. The number of anilines is 1. The van der Waals surface area contributed by atoms with E-state index < -0.39 is 31.9 Å². The highest BCUT2D eigenvalue weighted by atomic mass is 28.4. The van der Waals surface area contributed by atoms with E-state index in [2.05, 4.69) is 116 Å². The third kappa shape index (κ3) is 9.98. The van der Waals surface area contributed by atoms with Crippen molar-refractivity contribution in [1.82, 2.24) is 10.4 Å². The van der Waals surface area contributed by atoms with Crippen LogP contribution in [0.5, 0.6) is 0 Å². The van der Waals surface area contributed by atoms with E-state index in [0.29, 0.717) is 18.0 Å². The summed E-state index contributed by atoms with van der Waals surface area (Å²) in [5.74, 6) is -1.77. The molecule has 0 unspecified atom stereocenters. The second-order valence-corrected chi connectivity index (χ2v) is 22.7. The summed E-state index contributed by atoms with van der Waals surface area (Å²) in [7, 11) is -0.798. The largest absolute Gasteiger partial charge is 0.392 e. The Hall–Kier alpha value is -4.39. The van der Waals surface area contributed by atoms with Crippen molar-refractivity contribution < 1.29 is 37.4 Å². The SMILES string of the molecule is CC(C)[Si](OCCNC(=O)CCCCCN1C(=CC=CC2=[N+](C)c3ccccc3C2(C)C)C(C)(C)c2ccccc21)(OC(C)(C)CC(=O)ON1C(=O)CCC1=O)C(C)C. The minimum absolute atomic E-state index is 0.0113. The van der Waals surface area contributed by atoms with E-state index >= 15 is 0 Å². The smallest absolute Gasteiger partial charge is 0.343 e. The van der Waals surface area contributed by atoms with Gasteiger partial charge in [-0.3, -0.25) is 14.4 Å². The van der Waals surface area contributed by atoms with Crippen molar-refractivity contribution in [3.8, 4) is 0 Å². The van der Waals surface area contributed by atoms with Crippen molar-refractivity contribution in [2.45, 2.75) is 142 Å². The number of unbranched alkanes of at least 4 members (excludes halogenated alkanes) is 2. The number of nitrogens with one attached hydrogen (secondary N) is 1. The highest BCUT2D eigenvalue weighted by Crippen LogP contribution is 2.48. The van der Waals surface area contributed by atoms with Crippen molar-refractivity contribution in [2.75, 3.05) is 31.6 Å². The molecule has 2 aromatic rings. The molecule has 0 atom stereocenters. The summed E-state index contributed by atoms with van der Waals surface area (Å²) < 4.78 is 15.5. The molecule has 3 amide bonds. The Kier molecular flexibility index (Phi) is 14.3. The van der Waals surface area contributed by atoms with E-state index in [9.17, 15) is 19.2 Å². The van der Waals surface area contributed by atoms with Crippen LogP contribution >= 0.6 is 0 Å². The zero-order valence-corrected chi connectivity index (χ0v) is 38.3. The van der Waals surface area contributed by atoms with Gasteiger partial charge >= 0.3 is 14.5 Å². The second-order valence-electron chi connectivity index (χ2n) is 18.4. The van der Waals surface area contributed by atoms with Crippen LogP contribution in [0.15, 0.2) is 72.5 Å². The van der Waals surface area contributed by atoms with Crippen molar-refractivity contribution in [3.63, 3.8) is 0 Å². The molecule has 1 fully saturated rings. The zero-order chi connectivity index (χ0) is 43.3. The standard InChI is InChI=1S/C47H66N4O7Si/c1-33(2)59(34(3)4,58-45(5,6)32-44(55)57-51-42(53)27-28-43(51)54)56-31-29-48-41(52)26-13-12-18-30-50-38-23-17-15-21-36(38)47(9,10)40(50)25-19-24-39-46(7,8)35-20-14-16-22-37(35)49(39)11/h14-17,19-25,33-34H,12-13,18,26-32H2,1-11H3/p+1. The molecule has 59 heavy (non-hydrogen) atoms. The second kappa shape index (κ2) is 18.5. The average molecular weight is 828 g/mol. The van der Waals surface area contributed by atoms with Crippen molar-refractivity contribution in [2.24, 2.45) is 0 Å². The number of benzene rings is 2. The highest BCUT2D eigenvalue weighted by molar-refractivity contribution is 6.70. The van der Waals surface area contributed by atoms with Crippen LogP contribution in [-0.2, 0) is 43.7 Å². The number of rotatable bonds is 19. The first-order valence-electron chi connectivity index (χ1n) is 21.4. The van der Waals surface area contributed by atoms with E-state index in [4.69, 9.17) is 13.7 Å². The lowest BCUT2D eigenvalue weighted by Gasteiger charge is -2.43. The monoisotopic (exact) mass is 827 g/mol. The van der Waals surface area contributed by atoms with Gasteiger partial charge in [0.1, 0.15) is 7.05 Å². The van der Waals surface area contributed by atoms with Crippen molar-refractivity contribution in [1.29, 1.82) is 0 Å². The van der Waals surface area contributed by atoms with Gasteiger partial charge < -0.3 is 23.9 Å². The topological polar surface area (TPSA) is 117 Å². The van der Waals surface area contributed by atoms with Crippen LogP contribution < -0.4 is 10.2 Å². The number of allylic oxidation sites excluding steroid dienone is 4. The molecule has 320 valence electrons. The summed E-state index contributed by atoms with van der Waals surface area (Å²) >= 11 is 0. The maximum absolute atomic E-state index is 12.9. The number of para-hydroxylation sites is 2. The fraction of sp³-hybridized carbons (Fsp3) is 0.553. The fourth-order valence-electron chi connectivity index (χ4n) is 9.01. The molecule has 0 spiro atoms. The van der Waals surface area contributed by atoms with Gasteiger partial charge in [0.25, 0.3) is 11.8 Å². The van der Waals surface area contributed by atoms with Crippen LogP contribution in [0.2, 0.25) is 11.1 Å². The van der Waals surface area contributed by atoms with Gasteiger partial charge in [0, 0.05) is 66.9 Å². The van der Waals surface area contributed by atoms with Crippen molar-refractivity contribution >= 4 is 49.3 Å². The Morgan fingerprint density at radius 3 is 2.17 bits per heavy atom. The Morgan fingerprint density at radius 1 is 0.898 bits per heavy atom. The van der Waals surface area contributed by atoms with E-state index in [0.717, 1.165) is 25.8 Å². The lowest BCUT2D eigenvalue weighted by molar-refractivity contribution is -0.401. The number of carbonyl (C=O) groups is 4. The third-order valence-electron chi connectivity index (χ3n) is 12.1. The molecule has 0 saturated carbocycles. The summed E-state index contributed by atoms with van der Waals surface area (Å²) in [5.41, 5.74) is 6.56. The van der Waals surface area contributed by atoms with Gasteiger partial charge in [-0.15, -0.1) is 5.06 Å². The lowest BCUT2D eigenvalue weighted by Crippen LogP contribution is -2.54. The number of nitrogens with zero attached hydrogens (tertiary/aromatic N) is 3. The molecule has 1 N–H and O–H groups in total. The molecular weight excluding hydrogens is 761 g/mol. The highest BCUT2D eigenvalue weighted by Gasteiger charge is 2.49. The van der Waals surface area contributed by atoms with Crippen LogP contribution in [0, 0.1) is 0 Å². The number of hydroxylamine groups is 2. The van der Waals surface area contributed by atoms with E-state index in [-0.39, 0.29) is 53.7 Å². The number of carbonyl (C=O) groups excluding carboxylic acids is 4. The van der Waals surface area contributed by atoms with Gasteiger partial charge in [0.15, 0.2) is 5.71 Å². The molecule has 3 heterocycles. The molecule has 1 saturated heterocycles. The van der Waals surface area contributed by atoms with Gasteiger partial charge in [0.05, 0.1) is 24.0 Å². The molecule has 2 aromatic carbocycles. The maximum Gasteiger partial charge on any atom is 0.343 e. The Labute approximate surface area is 353 Å². The summed E-state index contributed by atoms with van der Waals surface area (Å²) in [6.45, 7) is 22.4. The predicted octanol–water partition coefficient (Wildman–Crippen LogP) is 8.68. The maximum atomic E-state index is 12.9. The first-order valence-corrected chi connectivity index (χ1v) is 23.3. The van der Waals surface area contributed by atoms with E-state index in [1.54, 1.807) is 13.8 Å². The molecular formula is C47H67N4O7Si+. The number of fused-ring (bicyclic) bond motifs is 2. The van der Waals surface area contributed by atoms with Gasteiger partial charge in [-0.1, -0.05) is 90.4 Å². The van der Waals surface area contributed by atoms with E-state index in [1.165, 1.54) is 33.9 Å². The first kappa shape index (κ1) is 45.7. The molecule has 12 heteroatoms. The van der Waals surface area contributed by atoms with Gasteiger partial charge in [-0.2, -0.15) is 4.58 Å². The Balaban J connectivity index is 1.11. The zero-order valence-electron chi connectivity index (χ0n) is 37.3. The first-order chi connectivity index (χ1) is 27.7. The molecule has 0 bridgehead atoms. The summed E-state index contributed by atoms with van der Waals surface area (Å²) in [6, 6.07) is 17.3. The Morgan fingerprint density at radius 2 is 1.53 bits per heavy atom. The molecule has 0 aromatic heterocycles. The fourth-order valence-corrected chi connectivity index (χ4v) is 12.9. The summed E-state index contributed by atoms with van der Waals surface area (Å²) in [5, 5.41) is 3.59. The lowest BCUT2D eigenvalue weighted by atomic mass is 9.81. The van der Waals surface area contributed by atoms with Gasteiger partial charge in [0.2, 0.25) is 11.6 Å². The van der Waals surface area contributed by atoms with Gasteiger partial charge in [-0.25, -0.2) is 4.79 Å². The molecule has 0 aliphatic carbocycles. The molecule has 3 aliphatic heterocycles. The van der Waals surface area contributed by atoms with Crippen LogP contribution in [0.1, 0.15) is 125 Å². The van der Waals surface area contributed by atoms with Crippen LogP contribution in [0.25, 0.3) is 0 Å². The van der Waals surface area contributed by atoms with Crippen LogP contribution in [0.4, 0.5) is 11.4 Å². The van der Waals surface area contributed by atoms with Crippen molar-refractivity contribution in [3.05, 3.63) is 83.6 Å². The van der Waals surface area contributed by atoms with E-state index in [1.807, 2.05) is 27.7 Å². The third-order valence-corrected chi connectivity index (χ3v) is 16.8. The number of hydrogen-bond acceptors (Lipinski definition) is 8. The minimum Gasteiger partial charge on any atom is -0.392 e. The van der Waals surface area contributed by atoms with Crippen LogP contribution in [-0.4, -0.2) is 79.9 Å². The number of imide groups is 1.